The molecule has 2 rings (SSSR count). The molecule has 0 bridgehead atoms. The molecule has 0 heterocycles. The van der Waals surface area contributed by atoms with E-state index in [0.717, 1.165) is 24.2 Å². The fourth-order valence-electron chi connectivity index (χ4n) is 1.73. The molecular formula is C12H11ClO. The monoisotopic (exact) mass is 206 g/mol. The molecule has 0 aromatic heterocycles. The van der Waals surface area contributed by atoms with Crippen LogP contribution in [0.1, 0.15) is 18.4 Å². The highest BCUT2D eigenvalue weighted by Crippen LogP contribution is 2.53. The van der Waals surface area contributed by atoms with Gasteiger partial charge in [-0.05, 0) is 25.0 Å². The lowest BCUT2D eigenvalue weighted by molar-refractivity contribution is 0.407. The smallest absolute Gasteiger partial charge is 0.125 e. The molecule has 0 atom stereocenters. The summed E-state index contributed by atoms with van der Waals surface area (Å²) in [6.07, 6.45) is 7.54. The van der Waals surface area contributed by atoms with Crippen LogP contribution in [0, 0.1) is 12.3 Å². The first-order valence-corrected chi connectivity index (χ1v) is 4.92. The van der Waals surface area contributed by atoms with Gasteiger partial charge in [0, 0.05) is 10.6 Å². The molecule has 2 heteroatoms. The zero-order valence-corrected chi connectivity index (χ0v) is 8.77. The van der Waals surface area contributed by atoms with Crippen LogP contribution in [0.25, 0.3) is 0 Å². The van der Waals surface area contributed by atoms with E-state index in [-0.39, 0.29) is 5.41 Å². The molecule has 0 unspecified atom stereocenters. The normalized spacial score (nSPS) is 17.2. The highest BCUT2D eigenvalue weighted by Gasteiger charge is 2.46. The van der Waals surface area contributed by atoms with Gasteiger partial charge in [-0.1, -0.05) is 23.6 Å². The second kappa shape index (κ2) is 3.22. The summed E-state index contributed by atoms with van der Waals surface area (Å²) in [6.45, 7) is 0. The molecule has 1 aliphatic carbocycles. The van der Waals surface area contributed by atoms with E-state index in [1.807, 2.05) is 18.2 Å². The van der Waals surface area contributed by atoms with Gasteiger partial charge in [-0.25, -0.2) is 0 Å². The van der Waals surface area contributed by atoms with E-state index in [2.05, 4.69) is 5.92 Å². The van der Waals surface area contributed by atoms with Crippen LogP contribution < -0.4 is 4.74 Å². The number of hydrogen-bond acceptors (Lipinski definition) is 1. The third-order valence-electron chi connectivity index (χ3n) is 2.70. The van der Waals surface area contributed by atoms with Crippen LogP contribution in [-0.2, 0) is 5.41 Å². The molecule has 1 aromatic carbocycles. The van der Waals surface area contributed by atoms with E-state index in [9.17, 15) is 0 Å². The lowest BCUT2D eigenvalue weighted by atomic mass is 9.96. The molecule has 1 aliphatic rings. The van der Waals surface area contributed by atoms with E-state index in [1.165, 1.54) is 0 Å². The van der Waals surface area contributed by atoms with Crippen LogP contribution in [0.15, 0.2) is 18.2 Å². The maximum Gasteiger partial charge on any atom is 0.125 e. The van der Waals surface area contributed by atoms with E-state index < -0.39 is 0 Å². The maximum atomic E-state index is 6.14. The largest absolute Gasteiger partial charge is 0.496 e. The lowest BCUT2D eigenvalue weighted by Crippen LogP contribution is -2.06. The predicted molar refractivity (Wildman–Crippen MR) is 57.7 cm³/mol. The van der Waals surface area contributed by atoms with Crippen molar-refractivity contribution in [2.45, 2.75) is 18.3 Å². The molecule has 0 N–H and O–H groups in total. The Morgan fingerprint density at radius 2 is 2.21 bits per heavy atom. The van der Waals surface area contributed by atoms with Crippen LogP contribution in [0.5, 0.6) is 5.75 Å². The molecule has 0 aliphatic heterocycles. The molecule has 0 amide bonds. The van der Waals surface area contributed by atoms with Gasteiger partial charge in [-0.3, -0.25) is 0 Å². The number of hydrogen-bond donors (Lipinski definition) is 0. The Morgan fingerprint density at radius 1 is 1.50 bits per heavy atom. The van der Waals surface area contributed by atoms with Crippen molar-refractivity contribution in [2.75, 3.05) is 7.11 Å². The molecule has 1 saturated carbocycles. The quantitative estimate of drug-likeness (QED) is 0.676. The van der Waals surface area contributed by atoms with Crippen molar-refractivity contribution in [3.63, 3.8) is 0 Å². The number of benzene rings is 1. The summed E-state index contributed by atoms with van der Waals surface area (Å²) in [5.41, 5.74) is 0.815. The molecular weight excluding hydrogens is 196 g/mol. The molecule has 0 radical (unpaired) electrons. The van der Waals surface area contributed by atoms with Crippen molar-refractivity contribution in [2.24, 2.45) is 0 Å². The Bertz CT molecular complexity index is 399. The summed E-state index contributed by atoms with van der Waals surface area (Å²) in [4.78, 5) is 0. The Balaban J connectivity index is 2.57. The fourth-order valence-corrected chi connectivity index (χ4v) is 2.08. The first-order chi connectivity index (χ1) is 6.73. The van der Waals surface area contributed by atoms with Gasteiger partial charge in [-0.15, -0.1) is 6.42 Å². The zero-order chi connectivity index (χ0) is 10.2. The number of halogens is 1. The van der Waals surface area contributed by atoms with Gasteiger partial charge in [-0.2, -0.15) is 0 Å². The van der Waals surface area contributed by atoms with Crippen molar-refractivity contribution in [1.29, 1.82) is 0 Å². The molecule has 1 aromatic rings. The van der Waals surface area contributed by atoms with Gasteiger partial charge in [0.1, 0.15) is 5.75 Å². The number of methoxy groups -OCH3 is 1. The van der Waals surface area contributed by atoms with Crippen LogP contribution in [0.3, 0.4) is 0 Å². The first kappa shape index (κ1) is 9.43. The Hall–Kier alpha value is -1.13. The van der Waals surface area contributed by atoms with Crippen LogP contribution in [0.4, 0.5) is 0 Å². The van der Waals surface area contributed by atoms with E-state index in [0.29, 0.717) is 5.02 Å². The summed E-state index contributed by atoms with van der Waals surface area (Å²) in [7, 11) is 1.64. The van der Waals surface area contributed by atoms with Crippen LogP contribution in [0.2, 0.25) is 5.02 Å². The maximum absolute atomic E-state index is 6.14. The highest BCUT2D eigenvalue weighted by molar-refractivity contribution is 6.31. The van der Waals surface area contributed by atoms with E-state index >= 15 is 0 Å². The van der Waals surface area contributed by atoms with Crippen LogP contribution >= 0.6 is 11.6 Å². The number of ether oxygens (including phenoxy) is 1. The van der Waals surface area contributed by atoms with Crippen LogP contribution in [-0.4, -0.2) is 7.11 Å². The van der Waals surface area contributed by atoms with Gasteiger partial charge in [0.2, 0.25) is 0 Å². The second-order valence-corrected chi connectivity index (χ2v) is 3.95. The predicted octanol–water partition coefficient (Wildman–Crippen LogP) is 3.01. The average Bonchev–Trinajstić information content (AvgIpc) is 2.98. The molecule has 72 valence electrons. The summed E-state index contributed by atoms with van der Waals surface area (Å²) in [5.74, 6) is 3.62. The van der Waals surface area contributed by atoms with E-state index in [1.54, 1.807) is 7.11 Å². The Morgan fingerprint density at radius 3 is 2.71 bits per heavy atom. The minimum Gasteiger partial charge on any atom is -0.496 e. The van der Waals surface area contributed by atoms with Crippen molar-refractivity contribution >= 4 is 11.6 Å². The van der Waals surface area contributed by atoms with Gasteiger partial charge in [0.05, 0.1) is 12.5 Å². The second-order valence-electron chi connectivity index (χ2n) is 3.54. The summed E-state index contributed by atoms with van der Waals surface area (Å²) < 4.78 is 5.27. The van der Waals surface area contributed by atoms with Gasteiger partial charge < -0.3 is 4.74 Å². The molecule has 14 heavy (non-hydrogen) atoms. The van der Waals surface area contributed by atoms with Gasteiger partial charge in [0.15, 0.2) is 0 Å². The average molecular weight is 207 g/mol. The summed E-state index contributed by atoms with van der Waals surface area (Å²) in [5, 5.41) is 0.708. The zero-order valence-electron chi connectivity index (χ0n) is 8.01. The Labute approximate surface area is 89.0 Å². The summed E-state index contributed by atoms with van der Waals surface area (Å²) in [6, 6.07) is 5.63. The van der Waals surface area contributed by atoms with Crippen molar-refractivity contribution in [3.8, 4) is 18.1 Å². The minimum absolute atomic E-state index is 0.163. The highest BCUT2D eigenvalue weighted by atomic mass is 35.5. The Kier molecular flexibility index (Phi) is 2.17. The number of terminal acetylenes is 1. The van der Waals surface area contributed by atoms with Gasteiger partial charge >= 0.3 is 0 Å². The molecule has 1 nitrogen and oxygen atoms in total. The van der Waals surface area contributed by atoms with Gasteiger partial charge in [0.25, 0.3) is 0 Å². The standard InChI is InChI=1S/C12H11ClO/c1-3-12(7-8-12)11-9(13)5-4-6-10(11)14-2/h1,4-6H,7-8H2,2H3. The fraction of sp³-hybridized carbons (Fsp3) is 0.333. The SMILES string of the molecule is C#CC1(c2c(Cl)cccc2OC)CC1. The summed E-state index contributed by atoms with van der Waals surface area (Å²) >= 11 is 6.14. The molecule has 0 saturated heterocycles. The first-order valence-electron chi connectivity index (χ1n) is 4.54. The molecule has 0 spiro atoms. The third kappa shape index (κ3) is 1.27. The van der Waals surface area contributed by atoms with Crippen molar-refractivity contribution < 1.29 is 4.74 Å². The minimum atomic E-state index is -0.163. The van der Waals surface area contributed by atoms with E-state index in [4.69, 9.17) is 22.8 Å². The topological polar surface area (TPSA) is 9.23 Å². The number of rotatable bonds is 2. The third-order valence-corrected chi connectivity index (χ3v) is 3.02. The molecule has 1 fully saturated rings. The van der Waals surface area contributed by atoms with Crippen molar-refractivity contribution in [3.05, 3.63) is 28.8 Å². The van der Waals surface area contributed by atoms with Crippen molar-refractivity contribution in [1.82, 2.24) is 0 Å². The lowest BCUT2D eigenvalue weighted by Gasteiger charge is -2.14.